The van der Waals surface area contributed by atoms with Crippen LogP contribution in [0.4, 0.5) is 5.82 Å². The van der Waals surface area contributed by atoms with Crippen LogP contribution in [0.1, 0.15) is 16.1 Å². The second-order valence-corrected chi connectivity index (χ2v) is 7.36. The normalized spacial score (nSPS) is 10.7. The molecule has 1 amide bonds. The highest BCUT2D eigenvalue weighted by Crippen LogP contribution is 2.30. The van der Waals surface area contributed by atoms with Gasteiger partial charge in [0.25, 0.3) is 5.91 Å². The molecule has 1 aromatic heterocycles. The molecule has 176 valence electrons. The van der Waals surface area contributed by atoms with Crippen molar-refractivity contribution in [1.29, 1.82) is 0 Å². The van der Waals surface area contributed by atoms with Crippen LogP contribution in [0.15, 0.2) is 48.5 Å². The Kier molecular flexibility index (Phi) is 8.94. The van der Waals surface area contributed by atoms with Gasteiger partial charge < -0.3 is 30.0 Å². The molecule has 9 nitrogen and oxygen atoms in total. The third kappa shape index (κ3) is 6.61. The zero-order valence-electron chi connectivity index (χ0n) is 18.5. The van der Waals surface area contributed by atoms with Gasteiger partial charge in [-0.25, -0.2) is 0 Å². The van der Waals surface area contributed by atoms with Crippen molar-refractivity contribution in [1.82, 2.24) is 14.9 Å². The van der Waals surface area contributed by atoms with Crippen LogP contribution in [0.2, 0.25) is 5.02 Å². The average molecular weight is 475 g/mol. The molecule has 3 N–H and O–H groups in total. The van der Waals surface area contributed by atoms with E-state index < -0.39 is 0 Å². The number of benzene rings is 2. The Hall–Kier alpha value is -3.27. The van der Waals surface area contributed by atoms with Gasteiger partial charge in [-0.2, -0.15) is 4.98 Å². The molecule has 0 spiro atoms. The maximum absolute atomic E-state index is 13.1. The number of amides is 1. The van der Waals surface area contributed by atoms with E-state index in [1.807, 2.05) is 18.2 Å². The summed E-state index contributed by atoms with van der Waals surface area (Å²) in [5.41, 5.74) is 1.22. The number of aromatic nitrogens is 2. The summed E-state index contributed by atoms with van der Waals surface area (Å²) in [6.45, 7) is 1.02. The van der Waals surface area contributed by atoms with Crippen molar-refractivity contribution in [2.24, 2.45) is 0 Å². The second kappa shape index (κ2) is 12.1. The van der Waals surface area contributed by atoms with E-state index in [0.717, 1.165) is 5.56 Å². The van der Waals surface area contributed by atoms with E-state index in [9.17, 15) is 4.79 Å². The van der Waals surface area contributed by atoms with Gasteiger partial charge in [-0.3, -0.25) is 9.36 Å². The van der Waals surface area contributed by atoms with Crippen molar-refractivity contribution in [2.75, 3.05) is 45.8 Å². The first-order valence-corrected chi connectivity index (χ1v) is 10.7. The fourth-order valence-corrected chi connectivity index (χ4v) is 3.22. The lowest BCUT2D eigenvalue weighted by atomic mass is 10.2. The number of carbonyl (C=O) groups excluding carboxylic acids is 1. The van der Waals surface area contributed by atoms with Crippen LogP contribution in [-0.4, -0.2) is 61.1 Å². The lowest BCUT2D eigenvalue weighted by Gasteiger charge is -2.13. The van der Waals surface area contributed by atoms with Gasteiger partial charge in [0.2, 0.25) is 0 Å². The standard InChI is InChI=1S/C23H27ClN4O5/c1-25-21-20(22(30)26-10-12-32-13-11-29)28(15-16-6-8-17(24)9-7-16)23(27-21)33-19-5-3-4-18(14-19)31-2/h3-9,14,25,29H,10-13,15H2,1-2H3,(H,26,30). The zero-order valence-corrected chi connectivity index (χ0v) is 19.3. The van der Waals surface area contributed by atoms with Crippen LogP contribution in [0, 0.1) is 0 Å². The molecule has 1 heterocycles. The van der Waals surface area contributed by atoms with E-state index in [1.54, 1.807) is 49.1 Å². The molecule has 0 aliphatic rings. The molecule has 0 atom stereocenters. The number of methoxy groups -OCH3 is 1. The van der Waals surface area contributed by atoms with E-state index in [0.29, 0.717) is 34.6 Å². The Morgan fingerprint density at radius 2 is 1.91 bits per heavy atom. The number of rotatable bonds is 12. The topological polar surface area (TPSA) is 107 Å². The SMILES string of the molecule is CNc1nc(Oc2cccc(OC)c2)n(Cc2ccc(Cl)cc2)c1C(=O)NCCOCCO. The largest absolute Gasteiger partial charge is 0.497 e. The van der Waals surface area contributed by atoms with E-state index >= 15 is 0 Å². The molecule has 0 aliphatic heterocycles. The van der Waals surface area contributed by atoms with Crippen molar-refractivity contribution in [3.8, 4) is 17.5 Å². The summed E-state index contributed by atoms with van der Waals surface area (Å²) in [5, 5.41) is 15.2. The molecule has 0 fully saturated rings. The summed E-state index contributed by atoms with van der Waals surface area (Å²) in [6, 6.07) is 14.7. The summed E-state index contributed by atoms with van der Waals surface area (Å²) < 4.78 is 18.2. The van der Waals surface area contributed by atoms with Gasteiger partial charge in [0.15, 0.2) is 11.5 Å². The first-order valence-electron chi connectivity index (χ1n) is 10.4. The van der Waals surface area contributed by atoms with Crippen LogP contribution in [0.3, 0.4) is 0 Å². The number of aliphatic hydroxyl groups is 1. The first kappa shape index (κ1) is 24.4. The Bertz CT molecular complexity index is 1060. The quantitative estimate of drug-likeness (QED) is 0.346. The van der Waals surface area contributed by atoms with Gasteiger partial charge in [0.05, 0.1) is 33.5 Å². The minimum Gasteiger partial charge on any atom is -0.497 e. The molecular formula is C23H27ClN4O5. The van der Waals surface area contributed by atoms with E-state index in [-0.39, 0.29) is 38.3 Å². The van der Waals surface area contributed by atoms with E-state index in [4.69, 9.17) is 30.9 Å². The van der Waals surface area contributed by atoms with E-state index in [1.165, 1.54) is 0 Å². The third-order valence-corrected chi connectivity index (χ3v) is 4.91. The molecule has 0 saturated carbocycles. The Morgan fingerprint density at radius 1 is 1.15 bits per heavy atom. The van der Waals surface area contributed by atoms with Gasteiger partial charge in [-0.1, -0.05) is 29.8 Å². The summed E-state index contributed by atoms with van der Waals surface area (Å²) in [6.07, 6.45) is 0. The molecule has 0 bridgehead atoms. The summed E-state index contributed by atoms with van der Waals surface area (Å²) in [4.78, 5) is 17.6. The molecule has 0 unspecified atom stereocenters. The molecule has 3 rings (SSSR count). The van der Waals surface area contributed by atoms with Crippen LogP contribution in [-0.2, 0) is 11.3 Å². The molecule has 2 aromatic carbocycles. The number of nitrogens with one attached hydrogen (secondary N) is 2. The summed E-state index contributed by atoms with van der Waals surface area (Å²) >= 11 is 6.03. The Balaban J connectivity index is 1.93. The second-order valence-electron chi connectivity index (χ2n) is 6.93. The summed E-state index contributed by atoms with van der Waals surface area (Å²) in [5.74, 6) is 1.19. The summed E-state index contributed by atoms with van der Waals surface area (Å²) in [7, 11) is 3.26. The highest BCUT2D eigenvalue weighted by molar-refractivity contribution is 6.30. The highest BCUT2D eigenvalue weighted by Gasteiger charge is 2.24. The number of hydrogen-bond acceptors (Lipinski definition) is 7. The average Bonchev–Trinajstić information content (AvgIpc) is 3.17. The number of halogens is 1. The minimum atomic E-state index is -0.339. The maximum atomic E-state index is 13.1. The number of imidazole rings is 1. The molecular weight excluding hydrogens is 448 g/mol. The van der Waals surface area contributed by atoms with Crippen LogP contribution < -0.4 is 20.1 Å². The minimum absolute atomic E-state index is 0.0727. The number of carbonyl (C=O) groups is 1. The van der Waals surface area contributed by atoms with Crippen LogP contribution in [0.25, 0.3) is 0 Å². The van der Waals surface area contributed by atoms with Gasteiger partial charge in [-0.05, 0) is 29.8 Å². The Labute approximate surface area is 197 Å². The fraction of sp³-hybridized carbons (Fsp3) is 0.304. The smallest absolute Gasteiger partial charge is 0.304 e. The fourth-order valence-electron chi connectivity index (χ4n) is 3.09. The van der Waals surface area contributed by atoms with Gasteiger partial charge in [0, 0.05) is 24.7 Å². The predicted octanol–water partition coefficient (Wildman–Crippen LogP) is 3.17. The predicted molar refractivity (Wildman–Crippen MR) is 126 cm³/mol. The molecule has 3 aromatic rings. The monoisotopic (exact) mass is 474 g/mol. The third-order valence-electron chi connectivity index (χ3n) is 4.66. The molecule has 0 saturated heterocycles. The molecule has 33 heavy (non-hydrogen) atoms. The van der Waals surface area contributed by atoms with Crippen molar-refractivity contribution >= 4 is 23.3 Å². The maximum Gasteiger partial charge on any atom is 0.304 e. The van der Waals surface area contributed by atoms with Crippen molar-refractivity contribution in [3.05, 3.63) is 64.8 Å². The van der Waals surface area contributed by atoms with Crippen molar-refractivity contribution in [3.63, 3.8) is 0 Å². The van der Waals surface area contributed by atoms with Gasteiger partial charge >= 0.3 is 6.01 Å². The molecule has 0 radical (unpaired) electrons. The highest BCUT2D eigenvalue weighted by atomic mass is 35.5. The van der Waals surface area contributed by atoms with Crippen LogP contribution in [0.5, 0.6) is 17.5 Å². The van der Waals surface area contributed by atoms with Gasteiger partial charge in [0.1, 0.15) is 11.5 Å². The number of hydrogen-bond donors (Lipinski definition) is 3. The van der Waals surface area contributed by atoms with Gasteiger partial charge in [-0.15, -0.1) is 0 Å². The molecule has 0 aliphatic carbocycles. The Morgan fingerprint density at radius 3 is 2.61 bits per heavy atom. The number of nitrogens with zero attached hydrogens (tertiary/aromatic N) is 2. The molecule has 10 heteroatoms. The van der Waals surface area contributed by atoms with E-state index in [2.05, 4.69) is 15.6 Å². The number of ether oxygens (including phenoxy) is 3. The van der Waals surface area contributed by atoms with Crippen molar-refractivity contribution in [2.45, 2.75) is 6.54 Å². The van der Waals surface area contributed by atoms with Crippen LogP contribution >= 0.6 is 11.6 Å². The first-order chi connectivity index (χ1) is 16.0. The number of anilines is 1. The lowest BCUT2D eigenvalue weighted by Crippen LogP contribution is -2.30. The lowest BCUT2D eigenvalue weighted by molar-refractivity contribution is 0.0833. The van der Waals surface area contributed by atoms with Crippen molar-refractivity contribution < 1.29 is 24.1 Å². The number of aliphatic hydroxyl groups excluding tert-OH is 1. The zero-order chi connectivity index (χ0) is 23.6.